The molecule has 2 aliphatic rings. The Morgan fingerprint density at radius 2 is 2.00 bits per heavy atom. The van der Waals surface area contributed by atoms with E-state index in [9.17, 15) is 4.79 Å². The fourth-order valence-corrected chi connectivity index (χ4v) is 2.96. The summed E-state index contributed by atoms with van der Waals surface area (Å²) in [5.41, 5.74) is 0. The van der Waals surface area contributed by atoms with Gasteiger partial charge >= 0.3 is 0 Å². The van der Waals surface area contributed by atoms with Crippen LogP contribution >= 0.6 is 12.4 Å². The number of hydrogen-bond donors (Lipinski definition) is 1. The van der Waals surface area contributed by atoms with Gasteiger partial charge in [-0.05, 0) is 38.1 Å². The van der Waals surface area contributed by atoms with Crippen molar-refractivity contribution in [2.45, 2.75) is 64.3 Å². The van der Waals surface area contributed by atoms with Gasteiger partial charge in [0.2, 0.25) is 11.8 Å². The number of aromatic nitrogens is 2. The molecule has 0 aromatic carbocycles. The first-order valence-corrected chi connectivity index (χ1v) is 8.95. The lowest BCUT2D eigenvalue weighted by molar-refractivity contribution is -0.132. The van der Waals surface area contributed by atoms with E-state index in [-0.39, 0.29) is 24.2 Å². The van der Waals surface area contributed by atoms with E-state index in [0.29, 0.717) is 24.8 Å². The summed E-state index contributed by atoms with van der Waals surface area (Å²) in [4.78, 5) is 18.6. The Morgan fingerprint density at radius 3 is 2.58 bits per heavy atom. The topological polar surface area (TPSA) is 71.3 Å². The van der Waals surface area contributed by atoms with Gasteiger partial charge in [0.25, 0.3) is 0 Å². The number of carbonyl (C=O) groups excluding carboxylic acids is 1. The van der Waals surface area contributed by atoms with Gasteiger partial charge in [0.05, 0.1) is 0 Å². The second kappa shape index (κ2) is 8.81. The minimum absolute atomic E-state index is 0. The summed E-state index contributed by atoms with van der Waals surface area (Å²) in [5, 5.41) is 7.58. The lowest BCUT2D eigenvalue weighted by atomic mass is 10.0. The molecule has 0 bridgehead atoms. The number of halogens is 1. The maximum atomic E-state index is 12.3. The molecule has 1 aromatic heterocycles. The van der Waals surface area contributed by atoms with Gasteiger partial charge in [-0.2, -0.15) is 4.98 Å². The molecule has 0 radical (unpaired) electrons. The Hall–Kier alpha value is -1.14. The van der Waals surface area contributed by atoms with Crippen molar-refractivity contribution in [3.05, 3.63) is 11.7 Å². The Morgan fingerprint density at radius 1 is 1.29 bits per heavy atom. The predicted octanol–water partition coefficient (Wildman–Crippen LogP) is 2.54. The van der Waals surface area contributed by atoms with E-state index < -0.39 is 0 Å². The maximum absolute atomic E-state index is 12.3. The van der Waals surface area contributed by atoms with Crippen molar-refractivity contribution in [3.8, 4) is 0 Å². The molecule has 1 aromatic rings. The molecule has 136 valence electrons. The van der Waals surface area contributed by atoms with Crippen LogP contribution in [-0.2, 0) is 11.2 Å². The molecule has 1 amide bonds. The van der Waals surface area contributed by atoms with E-state index in [4.69, 9.17) is 4.52 Å². The average molecular weight is 357 g/mol. The van der Waals surface area contributed by atoms with Crippen molar-refractivity contribution in [1.29, 1.82) is 0 Å². The second-order valence-electron chi connectivity index (χ2n) is 7.21. The van der Waals surface area contributed by atoms with E-state index in [1.807, 2.05) is 18.7 Å². The summed E-state index contributed by atoms with van der Waals surface area (Å²) in [6.45, 7) is 6.95. The van der Waals surface area contributed by atoms with Crippen LogP contribution in [0.4, 0.5) is 0 Å². The Bertz CT molecular complexity index is 522. The van der Waals surface area contributed by atoms with Gasteiger partial charge < -0.3 is 14.7 Å². The molecule has 6 nitrogen and oxygen atoms in total. The van der Waals surface area contributed by atoms with E-state index in [2.05, 4.69) is 15.5 Å². The van der Waals surface area contributed by atoms with Crippen LogP contribution in [0.5, 0.6) is 0 Å². The molecule has 3 rings (SSSR count). The standard InChI is InChI=1S/C17H28N4O2.ClH/c1-12(2)17-19-15(23-20-17)5-6-16(22)21-9-7-14(8-10-21)18-11-13-3-4-13;/h12-14,18H,3-11H2,1-2H3;1H. The predicted molar refractivity (Wildman–Crippen MR) is 94.3 cm³/mol. The molecular formula is C17H29ClN4O2. The van der Waals surface area contributed by atoms with Crippen LogP contribution in [0.1, 0.15) is 63.6 Å². The third-order valence-electron chi connectivity index (χ3n) is 4.79. The molecule has 0 atom stereocenters. The van der Waals surface area contributed by atoms with Crippen molar-refractivity contribution in [3.63, 3.8) is 0 Å². The van der Waals surface area contributed by atoms with Crippen LogP contribution < -0.4 is 5.32 Å². The van der Waals surface area contributed by atoms with Gasteiger partial charge in [-0.15, -0.1) is 12.4 Å². The van der Waals surface area contributed by atoms with Crippen molar-refractivity contribution in [1.82, 2.24) is 20.4 Å². The molecule has 7 heteroatoms. The fourth-order valence-electron chi connectivity index (χ4n) is 2.96. The van der Waals surface area contributed by atoms with Crippen molar-refractivity contribution >= 4 is 18.3 Å². The minimum Gasteiger partial charge on any atom is -0.343 e. The number of aryl methyl sites for hydroxylation is 1. The third kappa shape index (κ3) is 5.45. The number of hydrogen-bond acceptors (Lipinski definition) is 5. The molecule has 1 saturated heterocycles. The monoisotopic (exact) mass is 356 g/mol. The zero-order valence-corrected chi connectivity index (χ0v) is 15.5. The SMILES string of the molecule is CC(C)c1noc(CCC(=O)N2CCC(NCC3CC3)CC2)n1.Cl. The molecule has 1 aliphatic carbocycles. The number of amides is 1. The van der Waals surface area contributed by atoms with E-state index >= 15 is 0 Å². The summed E-state index contributed by atoms with van der Waals surface area (Å²) >= 11 is 0. The highest BCUT2D eigenvalue weighted by Crippen LogP contribution is 2.28. The Kier molecular flexibility index (Phi) is 7.04. The van der Waals surface area contributed by atoms with Gasteiger partial charge in [-0.25, -0.2) is 0 Å². The zero-order chi connectivity index (χ0) is 16.2. The number of likely N-dealkylation sites (tertiary alicyclic amines) is 1. The lowest BCUT2D eigenvalue weighted by Crippen LogP contribution is -2.45. The number of piperidine rings is 1. The molecule has 2 fully saturated rings. The van der Waals surface area contributed by atoms with Crippen molar-refractivity contribution in [2.75, 3.05) is 19.6 Å². The second-order valence-corrected chi connectivity index (χ2v) is 7.21. The lowest BCUT2D eigenvalue weighted by Gasteiger charge is -2.32. The average Bonchev–Trinajstić information content (AvgIpc) is 3.26. The van der Waals surface area contributed by atoms with Crippen LogP contribution in [0.25, 0.3) is 0 Å². The van der Waals surface area contributed by atoms with E-state index in [1.54, 1.807) is 0 Å². The zero-order valence-electron chi connectivity index (χ0n) is 14.7. The van der Waals surface area contributed by atoms with Gasteiger partial charge in [0.1, 0.15) is 0 Å². The summed E-state index contributed by atoms with van der Waals surface area (Å²) in [5.74, 6) is 2.66. The largest absolute Gasteiger partial charge is 0.343 e. The number of rotatable bonds is 7. The summed E-state index contributed by atoms with van der Waals surface area (Å²) in [7, 11) is 0. The van der Waals surface area contributed by atoms with Crippen LogP contribution in [-0.4, -0.2) is 46.6 Å². The van der Waals surface area contributed by atoms with Gasteiger partial charge in [-0.1, -0.05) is 19.0 Å². The van der Waals surface area contributed by atoms with Gasteiger partial charge in [-0.3, -0.25) is 4.79 Å². The molecule has 0 spiro atoms. The van der Waals surface area contributed by atoms with E-state index in [0.717, 1.165) is 44.2 Å². The number of carbonyl (C=O) groups is 1. The highest BCUT2D eigenvalue weighted by atomic mass is 35.5. The van der Waals surface area contributed by atoms with Crippen LogP contribution in [0.3, 0.4) is 0 Å². The van der Waals surface area contributed by atoms with Crippen LogP contribution in [0.15, 0.2) is 4.52 Å². The molecule has 1 saturated carbocycles. The van der Waals surface area contributed by atoms with Crippen LogP contribution in [0.2, 0.25) is 0 Å². The third-order valence-corrected chi connectivity index (χ3v) is 4.79. The molecular weight excluding hydrogens is 328 g/mol. The molecule has 2 heterocycles. The Labute approximate surface area is 150 Å². The highest BCUT2D eigenvalue weighted by Gasteiger charge is 2.26. The highest BCUT2D eigenvalue weighted by molar-refractivity contribution is 5.85. The smallest absolute Gasteiger partial charge is 0.227 e. The first-order valence-electron chi connectivity index (χ1n) is 8.95. The molecule has 0 unspecified atom stereocenters. The minimum atomic E-state index is 0. The molecule has 24 heavy (non-hydrogen) atoms. The Balaban J connectivity index is 0.00000208. The van der Waals surface area contributed by atoms with Gasteiger partial charge in [0.15, 0.2) is 5.82 Å². The maximum Gasteiger partial charge on any atom is 0.227 e. The normalized spacial score (nSPS) is 18.7. The first-order chi connectivity index (χ1) is 11.1. The molecule has 1 aliphatic heterocycles. The number of nitrogens with one attached hydrogen (secondary N) is 1. The summed E-state index contributed by atoms with van der Waals surface area (Å²) < 4.78 is 5.20. The summed E-state index contributed by atoms with van der Waals surface area (Å²) in [6, 6.07) is 0.587. The van der Waals surface area contributed by atoms with Crippen molar-refractivity contribution < 1.29 is 9.32 Å². The summed E-state index contributed by atoms with van der Waals surface area (Å²) in [6.07, 6.45) is 5.91. The fraction of sp³-hybridized carbons (Fsp3) is 0.824. The quantitative estimate of drug-likeness (QED) is 0.812. The number of nitrogens with zero attached hydrogens (tertiary/aromatic N) is 3. The molecule has 1 N–H and O–H groups in total. The first kappa shape index (κ1) is 19.2. The van der Waals surface area contributed by atoms with Crippen molar-refractivity contribution in [2.24, 2.45) is 5.92 Å². The van der Waals surface area contributed by atoms with E-state index in [1.165, 1.54) is 12.8 Å². The van der Waals surface area contributed by atoms with Gasteiger partial charge in [0, 0.05) is 37.9 Å². The van der Waals surface area contributed by atoms with Crippen LogP contribution in [0, 0.1) is 5.92 Å².